The molecular weight excluding hydrogens is 306 g/mol. The molecule has 0 bridgehead atoms. The number of nitrogens with zero attached hydrogens (tertiary/aromatic N) is 4. The molecule has 7 heteroatoms. The number of nitrogens with one attached hydrogen (secondary N) is 1. The highest BCUT2D eigenvalue weighted by atomic mass is 16.5. The van der Waals surface area contributed by atoms with Gasteiger partial charge in [0.1, 0.15) is 11.6 Å². The van der Waals surface area contributed by atoms with Gasteiger partial charge in [-0.3, -0.25) is 9.69 Å². The van der Waals surface area contributed by atoms with Crippen molar-refractivity contribution in [1.29, 1.82) is 5.26 Å². The van der Waals surface area contributed by atoms with Gasteiger partial charge in [-0.2, -0.15) is 5.26 Å². The summed E-state index contributed by atoms with van der Waals surface area (Å²) in [6.07, 6.45) is 3.97. The highest BCUT2D eigenvalue weighted by molar-refractivity contribution is 5.76. The van der Waals surface area contributed by atoms with Gasteiger partial charge in [-0.05, 0) is 26.0 Å². The van der Waals surface area contributed by atoms with E-state index >= 15 is 0 Å². The van der Waals surface area contributed by atoms with E-state index in [1.165, 1.54) is 7.11 Å². The van der Waals surface area contributed by atoms with Gasteiger partial charge in [-0.15, -0.1) is 0 Å². The van der Waals surface area contributed by atoms with Gasteiger partial charge in [0.2, 0.25) is 11.8 Å². The number of methoxy groups -OCH3 is 1. The van der Waals surface area contributed by atoms with Crippen LogP contribution in [0, 0.1) is 11.3 Å². The van der Waals surface area contributed by atoms with E-state index in [9.17, 15) is 10.1 Å². The number of carbonyl (C=O) groups excluding carboxylic acids is 1. The molecule has 2 aliphatic heterocycles. The summed E-state index contributed by atoms with van der Waals surface area (Å²) in [6.45, 7) is 3.22. The normalized spacial score (nSPS) is 25.0. The van der Waals surface area contributed by atoms with Crippen LogP contribution in [0.5, 0.6) is 5.88 Å². The van der Waals surface area contributed by atoms with Crippen molar-refractivity contribution < 1.29 is 9.53 Å². The number of carbonyl (C=O) groups is 1. The molecular formula is C17H23N5O2. The van der Waals surface area contributed by atoms with Crippen molar-refractivity contribution in [2.75, 3.05) is 45.2 Å². The van der Waals surface area contributed by atoms with Crippen molar-refractivity contribution in [3.8, 4) is 11.9 Å². The first kappa shape index (κ1) is 16.5. The number of ether oxygens (including phenoxy) is 1. The van der Waals surface area contributed by atoms with Crippen molar-refractivity contribution in [1.82, 2.24) is 15.2 Å². The van der Waals surface area contributed by atoms with E-state index < -0.39 is 0 Å². The molecule has 2 saturated heterocycles. The van der Waals surface area contributed by atoms with Gasteiger partial charge in [-0.1, -0.05) is 0 Å². The maximum atomic E-state index is 11.7. The molecule has 0 aromatic carbocycles. The summed E-state index contributed by atoms with van der Waals surface area (Å²) in [7, 11) is 3.66. The maximum Gasteiger partial charge on any atom is 0.233 e. The van der Waals surface area contributed by atoms with Crippen molar-refractivity contribution in [3.63, 3.8) is 0 Å². The van der Waals surface area contributed by atoms with Crippen LogP contribution in [0.2, 0.25) is 0 Å². The molecule has 1 spiro atoms. The molecule has 1 aromatic rings. The van der Waals surface area contributed by atoms with Crippen molar-refractivity contribution in [2.24, 2.45) is 0 Å². The van der Waals surface area contributed by atoms with Gasteiger partial charge in [0, 0.05) is 44.3 Å². The van der Waals surface area contributed by atoms with Crippen LogP contribution in [0.4, 0.5) is 5.69 Å². The predicted molar refractivity (Wildman–Crippen MR) is 89.9 cm³/mol. The molecule has 1 aromatic heterocycles. The van der Waals surface area contributed by atoms with Crippen LogP contribution in [-0.2, 0) is 4.79 Å². The zero-order chi connectivity index (χ0) is 17.2. The van der Waals surface area contributed by atoms with Crippen molar-refractivity contribution in [3.05, 3.63) is 17.8 Å². The largest absolute Gasteiger partial charge is 0.480 e. The fourth-order valence-corrected chi connectivity index (χ4v) is 3.76. The lowest BCUT2D eigenvalue weighted by molar-refractivity contribution is -0.120. The fourth-order valence-electron chi connectivity index (χ4n) is 3.76. The van der Waals surface area contributed by atoms with Crippen LogP contribution >= 0.6 is 0 Å². The number of rotatable bonds is 2. The Labute approximate surface area is 142 Å². The van der Waals surface area contributed by atoms with Gasteiger partial charge < -0.3 is 15.0 Å². The Hall–Kier alpha value is -2.33. The third kappa shape index (κ3) is 2.89. The van der Waals surface area contributed by atoms with Crippen LogP contribution < -0.4 is 15.0 Å². The van der Waals surface area contributed by atoms with Gasteiger partial charge in [-0.25, -0.2) is 4.98 Å². The summed E-state index contributed by atoms with van der Waals surface area (Å²) >= 11 is 0. The number of amides is 1. The summed E-state index contributed by atoms with van der Waals surface area (Å²) in [5, 5.41) is 12.5. The number of hydrogen-bond acceptors (Lipinski definition) is 6. The molecule has 128 valence electrons. The molecule has 1 N–H and O–H groups in total. The summed E-state index contributed by atoms with van der Waals surface area (Å²) < 4.78 is 5.23. The van der Waals surface area contributed by atoms with Crippen molar-refractivity contribution >= 4 is 11.6 Å². The van der Waals surface area contributed by atoms with Gasteiger partial charge in [0.15, 0.2) is 0 Å². The number of aromatic nitrogens is 1. The minimum absolute atomic E-state index is 0.0549. The van der Waals surface area contributed by atoms with Crippen LogP contribution in [0.15, 0.2) is 12.3 Å². The van der Waals surface area contributed by atoms with Gasteiger partial charge in [0.05, 0.1) is 12.8 Å². The van der Waals surface area contributed by atoms with Crippen molar-refractivity contribution in [2.45, 2.75) is 24.8 Å². The first-order valence-corrected chi connectivity index (χ1v) is 8.25. The highest BCUT2D eigenvalue weighted by Crippen LogP contribution is 2.35. The average Bonchev–Trinajstić information content (AvgIpc) is 2.79. The number of anilines is 1. The molecule has 0 radical (unpaired) electrons. The molecule has 3 heterocycles. The van der Waals surface area contributed by atoms with Crippen LogP contribution in [0.25, 0.3) is 0 Å². The predicted octanol–water partition coefficient (Wildman–Crippen LogP) is 0.753. The lowest BCUT2D eigenvalue weighted by Crippen LogP contribution is -2.61. The average molecular weight is 329 g/mol. The Morgan fingerprint density at radius 3 is 3.00 bits per heavy atom. The SMILES string of the molecule is COc1nccc(N2CCN(C)C3(CCNC(=O)CC3)C2)c1C#N. The van der Waals surface area contributed by atoms with Gasteiger partial charge in [0.25, 0.3) is 0 Å². The monoisotopic (exact) mass is 329 g/mol. The number of hydrogen-bond donors (Lipinski definition) is 1. The zero-order valence-electron chi connectivity index (χ0n) is 14.2. The van der Waals surface area contributed by atoms with E-state index in [0.29, 0.717) is 24.4 Å². The molecule has 3 rings (SSSR count). The molecule has 1 atom stereocenters. The standard InChI is InChI=1S/C17H23N5O2/c1-21-9-10-22(12-17(21)5-3-15(23)19-8-6-17)14-4-7-20-16(24-2)13(14)11-18/h4,7H,3,5-6,8-10,12H2,1-2H3,(H,19,23). The number of likely N-dealkylation sites (N-methyl/N-ethyl adjacent to an activating group) is 1. The molecule has 0 aliphatic carbocycles. The van der Waals surface area contributed by atoms with E-state index in [1.807, 2.05) is 6.07 Å². The smallest absolute Gasteiger partial charge is 0.233 e. The highest BCUT2D eigenvalue weighted by Gasteiger charge is 2.41. The minimum atomic E-state index is -0.0549. The van der Waals surface area contributed by atoms with E-state index in [1.54, 1.807) is 6.20 Å². The summed E-state index contributed by atoms with van der Waals surface area (Å²) in [4.78, 5) is 20.5. The number of pyridine rings is 1. The Kier molecular flexibility index (Phi) is 4.58. The second kappa shape index (κ2) is 6.65. The molecule has 2 fully saturated rings. The zero-order valence-corrected chi connectivity index (χ0v) is 14.2. The van der Waals surface area contributed by atoms with E-state index in [4.69, 9.17) is 4.74 Å². The molecule has 2 aliphatic rings. The second-order valence-electron chi connectivity index (χ2n) is 6.49. The number of piperazine rings is 1. The first-order chi connectivity index (χ1) is 11.6. The lowest BCUT2D eigenvalue weighted by Gasteiger charge is -2.50. The summed E-state index contributed by atoms with van der Waals surface area (Å²) in [6, 6.07) is 4.10. The van der Waals surface area contributed by atoms with Crippen LogP contribution in [0.1, 0.15) is 24.8 Å². The third-order valence-electron chi connectivity index (χ3n) is 5.27. The molecule has 0 saturated carbocycles. The minimum Gasteiger partial charge on any atom is -0.480 e. The van der Waals surface area contributed by atoms with E-state index in [-0.39, 0.29) is 11.4 Å². The Morgan fingerprint density at radius 2 is 2.25 bits per heavy atom. The molecule has 1 amide bonds. The quantitative estimate of drug-likeness (QED) is 0.862. The first-order valence-electron chi connectivity index (χ1n) is 8.25. The summed E-state index contributed by atoms with van der Waals surface area (Å²) in [5.74, 6) is 0.487. The number of nitriles is 1. The Morgan fingerprint density at radius 1 is 1.42 bits per heavy atom. The topological polar surface area (TPSA) is 81.5 Å². The molecule has 24 heavy (non-hydrogen) atoms. The molecule has 7 nitrogen and oxygen atoms in total. The Balaban J connectivity index is 1.91. The van der Waals surface area contributed by atoms with E-state index in [0.717, 1.165) is 38.2 Å². The molecule has 1 unspecified atom stereocenters. The van der Waals surface area contributed by atoms with Crippen LogP contribution in [-0.4, -0.2) is 61.7 Å². The summed E-state index contributed by atoms with van der Waals surface area (Å²) in [5.41, 5.74) is 1.28. The van der Waals surface area contributed by atoms with Crippen LogP contribution in [0.3, 0.4) is 0 Å². The lowest BCUT2D eigenvalue weighted by atomic mass is 9.86. The fraction of sp³-hybridized carbons (Fsp3) is 0.588. The van der Waals surface area contributed by atoms with E-state index in [2.05, 4.69) is 33.2 Å². The third-order valence-corrected chi connectivity index (χ3v) is 5.27. The maximum absolute atomic E-state index is 11.7. The van der Waals surface area contributed by atoms with Gasteiger partial charge >= 0.3 is 0 Å². The Bertz CT molecular complexity index is 671. The second-order valence-corrected chi connectivity index (χ2v) is 6.49.